The summed E-state index contributed by atoms with van der Waals surface area (Å²) in [6.07, 6.45) is 0. The van der Waals surface area contributed by atoms with Crippen LogP contribution in [0.25, 0.3) is 0 Å². The summed E-state index contributed by atoms with van der Waals surface area (Å²) in [5.41, 5.74) is 8.42. The first-order valence-electron chi connectivity index (χ1n) is 7.18. The van der Waals surface area contributed by atoms with Gasteiger partial charge < -0.3 is 19.9 Å². The number of nitrogens with zero attached hydrogens (tertiary/aromatic N) is 2. The maximum Gasteiger partial charge on any atom is 0.244 e. The molecule has 0 bridgehead atoms. The first-order valence-corrected chi connectivity index (χ1v) is 8.77. The van der Waals surface area contributed by atoms with Gasteiger partial charge in [-0.25, -0.2) is 0 Å². The molecule has 25 heavy (non-hydrogen) atoms. The monoisotopic (exact) mass is 468 g/mol. The Labute approximate surface area is 161 Å². The predicted octanol–water partition coefficient (Wildman–Crippen LogP) is 3.31. The summed E-state index contributed by atoms with van der Waals surface area (Å²) in [6.45, 7) is 0.290. The third-order valence-corrected chi connectivity index (χ3v) is 4.91. The number of hydrogen-bond donors (Lipinski definition) is 2. The van der Waals surface area contributed by atoms with E-state index in [1.54, 1.807) is 14.2 Å². The van der Waals surface area contributed by atoms with Crippen LogP contribution in [0.5, 0.6) is 11.6 Å². The number of allylic oxidation sites excluding steroid dienone is 1. The minimum atomic E-state index is -0.499. The Balaban J connectivity index is 2.31. The van der Waals surface area contributed by atoms with E-state index in [9.17, 15) is 5.26 Å². The summed E-state index contributed by atoms with van der Waals surface area (Å²) in [7, 11) is 3.15. The highest BCUT2D eigenvalue weighted by Gasteiger charge is 2.37. The van der Waals surface area contributed by atoms with Gasteiger partial charge in [0, 0.05) is 17.1 Å². The number of aromatic nitrogens is 2. The quantitative estimate of drug-likeness (QED) is 0.711. The van der Waals surface area contributed by atoms with Gasteiger partial charge >= 0.3 is 0 Å². The summed E-state index contributed by atoms with van der Waals surface area (Å²) in [5.74, 6) is 0.452. The predicted molar refractivity (Wildman–Crippen MR) is 97.0 cm³/mol. The van der Waals surface area contributed by atoms with Gasteiger partial charge in [-0.2, -0.15) is 5.26 Å². The molecule has 0 radical (unpaired) electrons. The summed E-state index contributed by atoms with van der Waals surface area (Å²) >= 11 is 6.98. The van der Waals surface area contributed by atoms with Crippen molar-refractivity contribution in [3.8, 4) is 17.7 Å². The van der Waals surface area contributed by atoms with Crippen LogP contribution in [-0.2, 0) is 11.3 Å². The molecule has 1 aliphatic rings. The van der Waals surface area contributed by atoms with Crippen LogP contribution in [0.15, 0.2) is 32.5 Å². The molecule has 0 saturated heterocycles. The van der Waals surface area contributed by atoms with E-state index in [1.165, 1.54) is 0 Å². The zero-order chi connectivity index (χ0) is 18.1. The van der Waals surface area contributed by atoms with Crippen molar-refractivity contribution in [3.05, 3.63) is 49.4 Å². The van der Waals surface area contributed by atoms with Crippen molar-refractivity contribution in [2.75, 3.05) is 14.2 Å². The van der Waals surface area contributed by atoms with Crippen molar-refractivity contribution in [2.45, 2.75) is 12.5 Å². The molecule has 0 saturated carbocycles. The van der Waals surface area contributed by atoms with Crippen LogP contribution in [0.3, 0.4) is 0 Å². The maximum atomic E-state index is 9.69. The van der Waals surface area contributed by atoms with Crippen LogP contribution in [0.4, 0.5) is 0 Å². The van der Waals surface area contributed by atoms with E-state index in [2.05, 4.69) is 48.1 Å². The number of fused-ring (bicyclic) bond motifs is 1. The Kier molecular flexibility index (Phi) is 5.03. The molecule has 0 amide bonds. The molecule has 2 heterocycles. The Morgan fingerprint density at radius 2 is 2.16 bits per heavy atom. The van der Waals surface area contributed by atoms with Gasteiger partial charge in [-0.15, -0.1) is 5.10 Å². The van der Waals surface area contributed by atoms with Crippen LogP contribution in [0.1, 0.15) is 22.7 Å². The molecule has 1 atom stereocenters. The van der Waals surface area contributed by atoms with Crippen molar-refractivity contribution in [1.29, 1.82) is 5.26 Å². The van der Waals surface area contributed by atoms with E-state index in [4.69, 9.17) is 19.9 Å². The van der Waals surface area contributed by atoms with Crippen molar-refractivity contribution >= 4 is 31.9 Å². The fourth-order valence-corrected chi connectivity index (χ4v) is 4.30. The third kappa shape index (κ3) is 3.01. The summed E-state index contributed by atoms with van der Waals surface area (Å²) in [6, 6.07) is 5.91. The summed E-state index contributed by atoms with van der Waals surface area (Å²) in [4.78, 5) is 0. The molecule has 1 aliphatic heterocycles. The van der Waals surface area contributed by atoms with Crippen molar-refractivity contribution in [3.63, 3.8) is 0 Å². The number of nitrogens with two attached hydrogens (primary N) is 1. The van der Waals surface area contributed by atoms with Crippen LogP contribution < -0.4 is 15.2 Å². The molecule has 1 unspecified atom stereocenters. The van der Waals surface area contributed by atoms with Gasteiger partial charge in [0.2, 0.25) is 11.8 Å². The lowest BCUT2D eigenvalue weighted by molar-refractivity contribution is 0.180. The number of rotatable bonds is 4. The molecule has 0 spiro atoms. The van der Waals surface area contributed by atoms with E-state index in [0.717, 1.165) is 14.5 Å². The zero-order valence-electron chi connectivity index (χ0n) is 13.4. The average molecular weight is 470 g/mol. The number of ether oxygens (including phenoxy) is 3. The molecular formula is C16H14Br2N4O3. The minimum absolute atomic E-state index is 0.0219. The Bertz CT molecular complexity index is 902. The van der Waals surface area contributed by atoms with Gasteiger partial charge in [-0.3, -0.25) is 5.10 Å². The highest BCUT2D eigenvalue weighted by Crippen LogP contribution is 2.48. The van der Waals surface area contributed by atoms with Gasteiger partial charge in [0.1, 0.15) is 17.4 Å². The highest BCUT2D eigenvalue weighted by molar-refractivity contribution is 9.11. The van der Waals surface area contributed by atoms with Crippen LogP contribution in [0.2, 0.25) is 0 Å². The fourth-order valence-electron chi connectivity index (χ4n) is 2.88. The number of nitrogens with one attached hydrogen (secondary N) is 1. The van der Waals surface area contributed by atoms with Crippen LogP contribution in [-0.4, -0.2) is 24.4 Å². The molecule has 1 aromatic heterocycles. The topological polar surface area (TPSA) is 106 Å². The number of H-pyrrole nitrogens is 1. The summed E-state index contributed by atoms with van der Waals surface area (Å²) < 4.78 is 17.9. The number of methoxy groups -OCH3 is 2. The maximum absolute atomic E-state index is 9.69. The third-order valence-electron chi connectivity index (χ3n) is 3.86. The molecule has 9 heteroatoms. The second kappa shape index (κ2) is 7.07. The molecule has 0 aliphatic carbocycles. The zero-order valence-corrected chi connectivity index (χ0v) is 16.6. The van der Waals surface area contributed by atoms with Crippen molar-refractivity contribution in [1.82, 2.24) is 10.2 Å². The Hall–Kier alpha value is -2.02. The van der Waals surface area contributed by atoms with Crippen LogP contribution >= 0.6 is 31.9 Å². The van der Waals surface area contributed by atoms with Gasteiger partial charge in [0.15, 0.2) is 0 Å². The van der Waals surface area contributed by atoms with E-state index >= 15 is 0 Å². The normalized spacial score (nSPS) is 16.2. The molecule has 2 aromatic rings. The van der Waals surface area contributed by atoms with E-state index in [0.29, 0.717) is 22.9 Å². The molecular weight excluding hydrogens is 456 g/mol. The molecule has 3 rings (SSSR count). The lowest BCUT2D eigenvalue weighted by Crippen LogP contribution is -2.22. The van der Waals surface area contributed by atoms with Gasteiger partial charge in [0.05, 0.1) is 35.4 Å². The standard InChI is InChI=1S/C16H14Br2N4O3/c1-23-6-11-13-12(8-3-7(17)4-10(18)14(8)24-2)9(5-19)15(20)25-16(13)22-21-11/h3-4,12H,6,20H2,1-2H3,(H,21,22). The Morgan fingerprint density at radius 3 is 2.80 bits per heavy atom. The second-order valence-electron chi connectivity index (χ2n) is 5.29. The smallest absolute Gasteiger partial charge is 0.244 e. The first kappa shape index (κ1) is 17.8. The largest absolute Gasteiger partial charge is 0.495 e. The molecule has 3 N–H and O–H groups in total. The molecule has 130 valence electrons. The molecule has 1 aromatic carbocycles. The number of halogens is 2. The second-order valence-corrected chi connectivity index (χ2v) is 7.06. The lowest BCUT2D eigenvalue weighted by atomic mass is 9.83. The number of nitriles is 1. The van der Waals surface area contributed by atoms with Gasteiger partial charge in [-0.05, 0) is 28.1 Å². The fraction of sp³-hybridized carbons (Fsp3) is 0.250. The minimum Gasteiger partial charge on any atom is -0.495 e. The van der Waals surface area contributed by atoms with E-state index in [1.807, 2.05) is 12.1 Å². The number of hydrogen-bond acceptors (Lipinski definition) is 6. The average Bonchev–Trinajstić information content (AvgIpc) is 2.95. The lowest BCUT2D eigenvalue weighted by Gasteiger charge is -2.26. The molecule has 0 fully saturated rings. The summed E-state index contributed by atoms with van der Waals surface area (Å²) in [5, 5.41) is 16.7. The van der Waals surface area contributed by atoms with Crippen molar-refractivity contribution in [2.24, 2.45) is 5.73 Å². The highest BCUT2D eigenvalue weighted by atomic mass is 79.9. The first-order chi connectivity index (χ1) is 12.0. The Morgan fingerprint density at radius 1 is 1.40 bits per heavy atom. The number of aromatic amines is 1. The SMILES string of the molecule is COCc1[nH]nc2c1C(c1cc(Br)cc(Br)c1OC)C(C#N)=C(N)O2. The van der Waals surface area contributed by atoms with Gasteiger partial charge in [-0.1, -0.05) is 15.9 Å². The van der Waals surface area contributed by atoms with Gasteiger partial charge in [0.25, 0.3) is 0 Å². The molecule has 7 nitrogen and oxygen atoms in total. The van der Waals surface area contributed by atoms with Crippen LogP contribution in [0, 0.1) is 11.3 Å². The van der Waals surface area contributed by atoms with Crippen molar-refractivity contribution < 1.29 is 14.2 Å². The van der Waals surface area contributed by atoms with E-state index < -0.39 is 5.92 Å². The van der Waals surface area contributed by atoms with E-state index in [-0.39, 0.29) is 18.1 Å². The number of benzene rings is 1.